The standard InChI is InChI=1S/C40H58ClN5O7/c1-27(2)22-32(36(48)40(5,52)26-41)43-39(51)34(24-30-14-10-7-11-15-30)45-38(50)33(23-28(3)4)44-37(49)31(17-16-29-12-8-6-9-13-29)42-35(47)25-46-18-20-53-21-19-46/h6-15,27-28,31-34,52H,16-26H2,1-5H3,(H,42,47)(H,43,51)(H,44,49)(H,45,50)/t31-,32?,33-,34-,40+/m0/s1. The molecular weight excluding hydrogens is 698 g/mol. The maximum absolute atomic E-state index is 14.1. The van der Waals surface area contributed by atoms with Gasteiger partial charge in [-0.25, -0.2) is 0 Å². The molecule has 0 saturated carbocycles. The van der Waals surface area contributed by atoms with Crippen LogP contribution in [0.4, 0.5) is 0 Å². The van der Waals surface area contributed by atoms with E-state index in [1.54, 1.807) is 0 Å². The lowest BCUT2D eigenvalue weighted by Crippen LogP contribution is -2.60. The first-order chi connectivity index (χ1) is 25.2. The van der Waals surface area contributed by atoms with Crippen molar-refractivity contribution in [3.05, 3.63) is 71.8 Å². The Balaban J connectivity index is 1.84. The second-order valence-electron chi connectivity index (χ2n) is 14.9. The Hall–Kier alpha value is -3.84. The number of aliphatic hydroxyl groups is 1. The van der Waals surface area contributed by atoms with Gasteiger partial charge in [-0.3, -0.25) is 28.9 Å². The minimum absolute atomic E-state index is 0.00706. The van der Waals surface area contributed by atoms with Gasteiger partial charge in [0.2, 0.25) is 23.6 Å². The SMILES string of the molecule is CC(C)CC(NC(=O)[C@H](Cc1ccccc1)NC(=O)[C@H](CC(C)C)NC(=O)[C@H](CCc1ccccc1)NC(=O)CN1CCOCC1)C(=O)[C@](C)(O)CCl. The molecule has 2 aromatic carbocycles. The van der Waals surface area contributed by atoms with E-state index in [0.717, 1.165) is 11.1 Å². The van der Waals surface area contributed by atoms with E-state index < -0.39 is 53.3 Å². The number of aryl methyl sites for hydroxylation is 1. The lowest BCUT2D eigenvalue weighted by molar-refractivity contribution is -0.139. The molecule has 5 N–H and O–H groups in total. The Labute approximate surface area is 319 Å². The molecule has 0 bridgehead atoms. The molecule has 1 unspecified atom stereocenters. The van der Waals surface area contributed by atoms with E-state index in [0.29, 0.717) is 39.1 Å². The number of Topliss-reactive ketones (excluding diaryl/α,β-unsaturated/α-hetero) is 1. The Bertz CT molecular complexity index is 1470. The van der Waals surface area contributed by atoms with Crippen molar-refractivity contribution in [2.75, 3.05) is 38.7 Å². The van der Waals surface area contributed by atoms with E-state index in [9.17, 15) is 29.1 Å². The molecular formula is C40H58ClN5O7. The van der Waals surface area contributed by atoms with Gasteiger partial charge in [0.05, 0.1) is 31.7 Å². The van der Waals surface area contributed by atoms with Crippen molar-refractivity contribution in [3.63, 3.8) is 0 Å². The number of ether oxygens (including phenoxy) is 1. The van der Waals surface area contributed by atoms with E-state index in [4.69, 9.17) is 16.3 Å². The van der Waals surface area contributed by atoms with E-state index >= 15 is 0 Å². The summed E-state index contributed by atoms with van der Waals surface area (Å²) in [5.41, 5.74) is -0.102. The van der Waals surface area contributed by atoms with E-state index in [2.05, 4.69) is 21.3 Å². The van der Waals surface area contributed by atoms with E-state index in [1.165, 1.54) is 6.92 Å². The van der Waals surface area contributed by atoms with Gasteiger partial charge in [0.1, 0.15) is 23.7 Å². The fourth-order valence-corrected chi connectivity index (χ4v) is 6.28. The highest BCUT2D eigenvalue weighted by Gasteiger charge is 2.38. The van der Waals surface area contributed by atoms with E-state index in [-0.39, 0.29) is 49.4 Å². The summed E-state index contributed by atoms with van der Waals surface area (Å²) in [6, 6.07) is 14.6. The van der Waals surface area contributed by atoms with Crippen LogP contribution in [0.15, 0.2) is 60.7 Å². The summed E-state index contributed by atoms with van der Waals surface area (Å²) in [5, 5.41) is 22.1. The summed E-state index contributed by atoms with van der Waals surface area (Å²) in [4.78, 5) is 70.4. The molecule has 2 aromatic rings. The quantitative estimate of drug-likeness (QED) is 0.121. The number of nitrogens with one attached hydrogen (secondary N) is 4. The average molecular weight is 756 g/mol. The number of alkyl halides is 1. The van der Waals surface area contributed by atoms with Crippen molar-refractivity contribution >= 4 is 41.0 Å². The van der Waals surface area contributed by atoms with Crippen LogP contribution in [0.25, 0.3) is 0 Å². The molecule has 0 aromatic heterocycles. The minimum atomic E-state index is -1.87. The minimum Gasteiger partial charge on any atom is -0.381 e. The molecule has 13 heteroatoms. The second-order valence-corrected chi connectivity index (χ2v) is 15.2. The normalized spacial score (nSPS) is 16.8. The molecule has 1 fully saturated rings. The topological polar surface area (TPSA) is 166 Å². The van der Waals surface area contributed by atoms with Crippen LogP contribution in [0.3, 0.4) is 0 Å². The summed E-state index contributed by atoms with van der Waals surface area (Å²) in [5.74, 6) is -3.00. The molecule has 1 heterocycles. The molecule has 1 saturated heterocycles. The van der Waals surface area contributed by atoms with Gasteiger partial charge in [-0.15, -0.1) is 11.6 Å². The summed E-state index contributed by atoms with van der Waals surface area (Å²) < 4.78 is 5.39. The fraction of sp³-hybridized carbons (Fsp3) is 0.575. The van der Waals surface area contributed by atoms with E-state index in [1.807, 2.05) is 93.3 Å². The van der Waals surface area contributed by atoms with Crippen LogP contribution >= 0.6 is 11.6 Å². The predicted molar refractivity (Wildman–Crippen MR) is 205 cm³/mol. The van der Waals surface area contributed by atoms with Crippen molar-refractivity contribution in [3.8, 4) is 0 Å². The van der Waals surface area contributed by atoms with Gasteiger partial charge in [-0.05, 0) is 55.6 Å². The molecule has 292 valence electrons. The van der Waals surface area contributed by atoms with Crippen molar-refractivity contribution in [2.24, 2.45) is 11.8 Å². The number of hydrogen-bond acceptors (Lipinski definition) is 8. The number of halogens is 1. The van der Waals surface area contributed by atoms with Gasteiger partial charge < -0.3 is 31.1 Å². The van der Waals surface area contributed by atoms with Crippen LogP contribution in [0.2, 0.25) is 0 Å². The molecule has 53 heavy (non-hydrogen) atoms. The first-order valence-electron chi connectivity index (χ1n) is 18.6. The maximum Gasteiger partial charge on any atom is 0.243 e. The van der Waals surface area contributed by atoms with Crippen molar-refractivity contribution in [1.82, 2.24) is 26.2 Å². The zero-order valence-electron chi connectivity index (χ0n) is 31.7. The van der Waals surface area contributed by atoms with Crippen LogP contribution in [0, 0.1) is 11.8 Å². The molecule has 1 aliphatic rings. The van der Waals surface area contributed by atoms with Crippen LogP contribution in [-0.2, 0) is 41.6 Å². The third kappa shape index (κ3) is 15.2. The first-order valence-corrected chi connectivity index (χ1v) is 19.1. The second kappa shape index (κ2) is 21.8. The number of hydrogen-bond donors (Lipinski definition) is 5. The molecule has 5 atom stereocenters. The van der Waals surface area contributed by atoms with Crippen LogP contribution in [0.1, 0.15) is 65.0 Å². The number of benzene rings is 2. The highest BCUT2D eigenvalue weighted by atomic mass is 35.5. The zero-order valence-corrected chi connectivity index (χ0v) is 32.5. The van der Waals surface area contributed by atoms with Gasteiger partial charge in [0, 0.05) is 19.5 Å². The maximum atomic E-state index is 14.1. The lowest BCUT2D eigenvalue weighted by atomic mass is 9.90. The molecule has 0 aliphatic carbocycles. The van der Waals surface area contributed by atoms with Crippen molar-refractivity contribution in [2.45, 2.75) is 96.5 Å². The lowest BCUT2D eigenvalue weighted by Gasteiger charge is -2.30. The fourth-order valence-electron chi connectivity index (χ4n) is 6.15. The third-order valence-electron chi connectivity index (χ3n) is 9.07. The molecule has 0 spiro atoms. The largest absolute Gasteiger partial charge is 0.381 e. The smallest absolute Gasteiger partial charge is 0.243 e. The third-order valence-corrected chi connectivity index (χ3v) is 9.59. The molecule has 0 radical (unpaired) electrons. The summed E-state index contributed by atoms with van der Waals surface area (Å²) in [6.07, 6.45) is 1.43. The van der Waals surface area contributed by atoms with Crippen molar-refractivity contribution in [1.29, 1.82) is 0 Å². The van der Waals surface area contributed by atoms with Crippen LogP contribution in [-0.4, -0.2) is 108 Å². The molecule has 12 nitrogen and oxygen atoms in total. The number of ketones is 1. The van der Waals surface area contributed by atoms with Gasteiger partial charge in [0.25, 0.3) is 0 Å². The summed E-state index contributed by atoms with van der Waals surface area (Å²) in [6.45, 7) is 11.3. The summed E-state index contributed by atoms with van der Waals surface area (Å²) >= 11 is 5.90. The number of nitrogens with zero attached hydrogens (tertiary/aromatic N) is 1. The van der Waals surface area contributed by atoms with Gasteiger partial charge in [-0.1, -0.05) is 88.4 Å². The Morgan fingerprint density at radius 1 is 0.736 bits per heavy atom. The van der Waals surface area contributed by atoms with Gasteiger partial charge in [-0.2, -0.15) is 0 Å². The van der Waals surface area contributed by atoms with Crippen LogP contribution < -0.4 is 21.3 Å². The molecule has 3 rings (SSSR count). The van der Waals surface area contributed by atoms with Crippen LogP contribution in [0.5, 0.6) is 0 Å². The number of morpholine rings is 1. The predicted octanol–water partition coefficient (Wildman–Crippen LogP) is 2.78. The zero-order chi connectivity index (χ0) is 39.0. The summed E-state index contributed by atoms with van der Waals surface area (Å²) in [7, 11) is 0. The Morgan fingerprint density at radius 2 is 1.23 bits per heavy atom. The van der Waals surface area contributed by atoms with Gasteiger partial charge in [0.15, 0.2) is 5.78 Å². The molecule has 4 amide bonds. The van der Waals surface area contributed by atoms with Crippen molar-refractivity contribution < 1.29 is 33.8 Å². The first kappa shape index (κ1) is 43.6. The number of rotatable bonds is 21. The van der Waals surface area contributed by atoms with Gasteiger partial charge >= 0.3 is 0 Å². The Morgan fingerprint density at radius 3 is 1.79 bits per heavy atom. The number of carbonyl (C=O) groups excluding carboxylic acids is 5. The average Bonchev–Trinajstić information content (AvgIpc) is 3.12. The number of carbonyl (C=O) groups is 5. The Kier molecular flexibility index (Phi) is 17.9. The highest BCUT2D eigenvalue weighted by Crippen LogP contribution is 2.17. The molecule has 1 aliphatic heterocycles. The monoisotopic (exact) mass is 755 g/mol. The highest BCUT2D eigenvalue weighted by molar-refractivity contribution is 6.21. The number of amides is 4.